The number of amides is 1. The number of rotatable bonds is 5. The van der Waals surface area contributed by atoms with Crippen molar-refractivity contribution >= 4 is 41.8 Å². The topological polar surface area (TPSA) is 66.4 Å². The maximum absolute atomic E-state index is 12.3. The van der Waals surface area contributed by atoms with E-state index in [0.717, 1.165) is 34.3 Å². The molecule has 2 N–H and O–H groups in total. The number of carbonyl (C=O) groups excluding carboxylic acids is 2. The van der Waals surface area contributed by atoms with Gasteiger partial charge in [0.05, 0.1) is 5.56 Å². The lowest BCUT2D eigenvalue weighted by atomic mass is 10.0. The van der Waals surface area contributed by atoms with Crippen LogP contribution in [-0.2, 0) is 0 Å². The fraction of sp³-hybridized carbons (Fsp3) is 0.154. The third-order valence-corrected chi connectivity index (χ3v) is 5.47. The summed E-state index contributed by atoms with van der Waals surface area (Å²) in [7, 11) is 2.62. The minimum Gasteiger partial charge on any atom is -0.400 e. The van der Waals surface area contributed by atoms with Crippen molar-refractivity contribution < 1.29 is 19.1 Å². The van der Waals surface area contributed by atoms with E-state index in [2.05, 4.69) is 11.9 Å². The number of halogens is 1. The van der Waals surface area contributed by atoms with Crippen LogP contribution in [0.15, 0.2) is 55.1 Å². The summed E-state index contributed by atoms with van der Waals surface area (Å²) in [6.07, 6.45) is 6.37. The zero-order chi connectivity index (χ0) is 24.1. The smallest absolute Gasteiger partial charge is 0.252 e. The predicted octanol–water partition coefficient (Wildman–Crippen LogP) is 5.78. The predicted molar refractivity (Wildman–Crippen MR) is 133 cm³/mol. The Balaban J connectivity index is 0.000000427. The molecule has 0 saturated heterocycles. The lowest BCUT2D eigenvalue weighted by Gasteiger charge is -2.02. The molecule has 3 rings (SSSR count). The Morgan fingerprint density at radius 3 is 2.25 bits per heavy atom. The fourth-order valence-corrected chi connectivity index (χ4v) is 3.77. The maximum atomic E-state index is 12.3. The van der Waals surface area contributed by atoms with Crippen LogP contribution < -0.4 is 5.32 Å². The molecule has 6 heteroatoms. The SMILES string of the molecule is C=Cc1sc(C)c(C(=O)NC)c1/C=C/c1cccc(C=O)c1.CO.Cc1ccccc1F. The largest absolute Gasteiger partial charge is 0.400 e. The Morgan fingerprint density at radius 2 is 1.72 bits per heavy atom. The summed E-state index contributed by atoms with van der Waals surface area (Å²) in [6.45, 7) is 7.48. The summed E-state index contributed by atoms with van der Waals surface area (Å²) < 4.78 is 12.3. The van der Waals surface area contributed by atoms with E-state index < -0.39 is 0 Å². The van der Waals surface area contributed by atoms with Gasteiger partial charge in [0, 0.05) is 35.0 Å². The van der Waals surface area contributed by atoms with Crippen molar-refractivity contribution in [2.75, 3.05) is 14.2 Å². The number of benzene rings is 2. The zero-order valence-corrected chi connectivity index (χ0v) is 19.5. The molecule has 3 aromatic rings. The van der Waals surface area contributed by atoms with E-state index in [4.69, 9.17) is 5.11 Å². The average molecular weight is 454 g/mol. The second kappa shape index (κ2) is 13.9. The van der Waals surface area contributed by atoms with Crippen LogP contribution in [0.3, 0.4) is 0 Å². The van der Waals surface area contributed by atoms with Crippen molar-refractivity contribution in [3.63, 3.8) is 0 Å². The molecule has 0 fully saturated rings. The van der Waals surface area contributed by atoms with E-state index in [1.165, 1.54) is 6.07 Å². The molecule has 1 aromatic heterocycles. The molecule has 168 valence electrons. The molecular weight excluding hydrogens is 425 g/mol. The molecule has 0 radical (unpaired) electrons. The molecule has 0 spiro atoms. The van der Waals surface area contributed by atoms with Gasteiger partial charge < -0.3 is 10.4 Å². The zero-order valence-electron chi connectivity index (χ0n) is 18.7. The average Bonchev–Trinajstić information content (AvgIpc) is 3.16. The van der Waals surface area contributed by atoms with Crippen molar-refractivity contribution in [3.05, 3.63) is 98.5 Å². The highest BCUT2D eigenvalue weighted by Crippen LogP contribution is 2.30. The first kappa shape index (κ1) is 26.7. The molecule has 0 atom stereocenters. The van der Waals surface area contributed by atoms with Gasteiger partial charge in [-0.3, -0.25) is 9.59 Å². The van der Waals surface area contributed by atoms with Gasteiger partial charge in [0.1, 0.15) is 12.1 Å². The number of hydrogen-bond donors (Lipinski definition) is 2. The van der Waals surface area contributed by atoms with Gasteiger partial charge in [-0.05, 0) is 37.1 Å². The highest BCUT2D eigenvalue weighted by Gasteiger charge is 2.17. The minimum atomic E-state index is -0.132. The van der Waals surface area contributed by atoms with Gasteiger partial charge >= 0.3 is 0 Å². The molecule has 1 heterocycles. The third-order valence-electron chi connectivity index (χ3n) is 4.36. The van der Waals surface area contributed by atoms with E-state index in [1.54, 1.807) is 55.6 Å². The van der Waals surface area contributed by atoms with Crippen LogP contribution in [0.1, 0.15) is 47.2 Å². The number of hydrogen-bond acceptors (Lipinski definition) is 4. The van der Waals surface area contributed by atoms with Gasteiger partial charge in [-0.2, -0.15) is 0 Å². The van der Waals surface area contributed by atoms with Crippen LogP contribution in [0.5, 0.6) is 0 Å². The van der Waals surface area contributed by atoms with Crippen molar-refractivity contribution in [3.8, 4) is 0 Å². The van der Waals surface area contributed by atoms with Crippen molar-refractivity contribution in [2.24, 2.45) is 0 Å². The normalized spacial score (nSPS) is 9.81. The molecule has 0 bridgehead atoms. The summed E-state index contributed by atoms with van der Waals surface area (Å²) in [6, 6.07) is 14.0. The van der Waals surface area contributed by atoms with Gasteiger partial charge in [-0.25, -0.2) is 4.39 Å². The summed E-state index contributed by atoms with van der Waals surface area (Å²) in [5.74, 6) is -0.240. The Labute approximate surface area is 192 Å². The number of aliphatic hydroxyl groups is 1. The number of aryl methyl sites for hydroxylation is 2. The van der Waals surface area contributed by atoms with Crippen LogP contribution >= 0.6 is 11.3 Å². The molecule has 0 aliphatic heterocycles. The quantitative estimate of drug-likeness (QED) is 0.481. The van der Waals surface area contributed by atoms with Crippen molar-refractivity contribution in [1.29, 1.82) is 0 Å². The first-order valence-electron chi connectivity index (χ1n) is 9.78. The number of aliphatic hydroxyl groups excluding tert-OH is 1. The minimum absolute atomic E-state index is 0.108. The molecule has 2 aromatic carbocycles. The van der Waals surface area contributed by atoms with E-state index >= 15 is 0 Å². The highest BCUT2D eigenvalue weighted by atomic mass is 32.1. The first-order valence-corrected chi connectivity index (χ1v) is 10.6. The molecule has 1 amide bonds. The molecule has 0 aliphatic rings. The standard InChI is InChI=1S/C18H17NO2S.C7H7F.CH4O/c1-4-16-15(17(12(2)22-16)18(21)19-3)9-8-13-6-5-7-14(10-13)11-20;1-6-4-2-3-5-7(6)8;1-2/h4-11H,1H2,2-3H3,(H,19,21);2-5H,1H3;2H,1H3/b9-8+;;. The van der Waals surface area contributed by atoms with Crippen LogP contribution in [0.25, 0.3) is 18.2 Å². The second-order valence-corrected chi connectivity index (χ2v) is 7.72. The summed E-state index contributed by atoms with van der Waals surface area (Å²) in [5, 5.41) is 9.67. The first-order chi connectivity index (χ1) is 15.4. The van der Waals surface area contributed by atoms with Crippen LogP contribution in [-0.4, -0.2) is 31.5 Å². The fourth-order valence-electron chi connectivity index (χ4n) is 2.77. The summed E-state index contributed by atoms with van der Waals surface area (Å²) in [5.41, 5.74) is 3.76. The number of thiophene rings is 1. The van der Waals surface area contributed by atoms with E-state index in [1.807, 2.05) is 37.3 Å². The van der Waals surface area contributed by atoms with Crippen LogP contribution in [0, 0.1) is 19.7 Å². The van der Waals surface area contributed by atoms with E-state index in [-0.39, 0.29) is 11.7 Å². The second-order valence-electron chi connectivity index (χ2n) is 6.46. The Hall–Kier alpha value is -3.35. The lowest BCUT2D eigenvalue weighted by Crippen LogP contribution is -2.18. The molecule has 0 unspecified atom stereocenters. The van der Waals surface area contributed by atoms with Gasteiger partial charge in [-0.15, -0.1) is 11.3 Å². The van der Waals surface area contributed by atoms with Crippen LogP contribution in [0.2, 0.25) is 0 Å². The Kier molecular flexibility index (Phi) is 11.6. The number of carbonyl (C=O) groups is 2. The van der Waals surface area contributed by atoms with E-state index in [0.29, 0.717) is 16.7 Å². The number of aldehydes is 1. The summed E-state index contributed by atoms with van der Waals surface area (Å²) >= 11 is 1.54. The Bertz CT molecular complexity index is 1070. The summed E-state index contributed by atoms with van der Waals surface area (Å²) in [4.78, 5) is 24.8. The van der Waals surface area contributed by atoms with E-state index in [9.17, 15) is 14.0 Å². The van der Waals surface area contributed by atoms with Gasteiger partial charge in [-0.1, -0.05) is 61.2 Å². The van der Waals surface area contributed by atoms with Crippen LogP contribution in [0.4, 0.5) is 4.39 Å². The molecule has 32 heavy (non-hydrogen) atoms. The number of nitrogens with one attached hydrogen (secondary N) is 1. The van der Waals surface area contributed by atoms with Gasteiger partial charge in [0.15, 0.2) is 0 Å². The Morgan fingerprint density at radius 1 is 1.06 bits per heavy atom. The highest BCUT2D eigenvalue weighted by molar-refractivity contribution is 7.13. The van der Waals surface area contributed by atoms with Gasteiger partial charge in [0.25, 0.3) is 5.91 Å². The third kappa shape index (κ3) is 7.41. The van der Waals surface area contributed by atoms with Gasteiger partial charge in [0.2, 0.25) is 0 Å². The van der Waals surface area contributed by atoms with Crippen molar-refractivity contribution in [2.45, 2.75) is 13.8 Å². The molecule has 0 aliphatic carbocycles. The molecular formula is C26H28FNO3S. The van der Waals surface area contributed by atoms with Crippen molar-refractivity contribution in [1.82, 2.24) is 5.32 Å². The lowest BCUT2D eigenvalue weighted by molar-refractivity contribution is 0.0962. The molecule has 0 saturated carbocycles. The maximum Gasteiger partial charge on any atom is 0.252 e. The molecule has 4 nitrogen and oxygen atoms in total. The monoisotopic (exact) mass is 453 g/mol.